The highest BCUT2D eigenvalue weighted by atomic mass is 32.2. The summed E-state index contributed by atoms with van der Waals surface area (Å²) in [4.78, 5) is 17.6. The predicted octanol–water partition coefficient (Wildman–Crippen LogP) is 5.39. The molecule has 2 aromatic rings. The molecule has 138 valence electrons. The molecule has 3 nitrogen and oxygen atoms in total. The molecular formula is C22H22N2OS2. The third-order valence-corrected chi connectivity index (χ3v) is 6.37. The molecule has 2 heterocycles. The van der Waals surface area contributed by atoms with Crippen LogP contribution in [0.15, 0.2) is 53.4 Å². The van der Waals surface area contributed by atoms with Crippen molar-refractivity contribution in [2.24, 2.45) is 0 Å². The predicted molar refractivity (Wildman–Crippen MR) is 119 cm³/mol. The molecule has 0 N–H and O–H groups in total. The van der Waals surface area contributed by atoms with Crippen molar-refractivity contribution in [3.05, 3.63) is 64.6 Å². The highest BCUT2D eigenvalue weighted by Crippen LogP contribution is 2.36. The fourth-order valence-electron chi connectivity index (χ4n) is 3.58. The summed E-state index contributed by atoms with van der Waals surface area (Å²) < 4.78 is 0.583. The van der Waals surface area contributed by atoms with Crippen molar-refractivity contribution < 1.29 is 4.79 Å². The number of benzene rings is 2. The van der Waals surface area contributed by atoms with E-state index in [1.54, 1.807) is 4.90 Å². The van der Waals surface area contributed by atoms with Crippen LogP contribution < -0.4 is 9.80 Å². The Morgan fingerprint density at radius 2 is 1.74 bits per heavy atom. The Kier molecular flexibility index (Phi) is 5.32. The van der Waals surface area contributed by atoms with Gasteiger partial charge in [-0.25, -0.2) is 0 Å². The lowest BCUT2D eigenvalue weighted by Gasteiger charge is -2.29. The Labute approximate surface area is 170 Å². The summed E-state index contributed by atoms with van der Waals surface area (Å²) >= 11 is 6.82. The quantitative estimate of drug-likeness (QED) is 0.514. The Morgan fingerprint density at radius 3 is 2.44 bits per heavy atom. The topological polar surface area (TPSA) is 23.6 Å². The van der Waals surface area contributed by atoms with Gasteiger partial charge in [-0.05, 0) is 67.7 Å². The third kappa shape index (κ3) is 3.80. The van der Waals surface area contributed by atoms with Crippen molar-refractivity contribution >= 4 is 51.7 Å². The monoisotopic (exact) mass is 394 g/mol. The maximum Gasteiger partial charge on any atom is 0.270 e. The summed E-state index contributed by atoms with van der Waals surface area (Å²) in [6.45, 7) is 4.38. The standard InChI is InChI=1S/C22H22N2OS2/c1-16-14-19(23-12-6-3-7-13-23)11-10-17(16)15-20-21(25)24(22(26)27-20)18-8-4-2-5-9-18/h2,4-5,8-11,14-15H,3,6-7,12-13H2,1H3/b20-15+. The molecule has 2 aliphatic rings. The van der Waals surface area contributed by atoms with Crippen LogP contribution in [-0.2, 0) is 4.79 Å². The van der Waals surface area contributed by atoms with Gasteiger partial charge in [0.15, 0.2) is 4.32 Å². The molecule has 2 saturated heterocycles. The number of thioether (sulfide) groups is 1. The lowest BCUT2D eigenvalue weighted by atomic mass is 10.0. The van der Waals surface area contributed by atoms with Crippen molar-refractivity contribution in [2.75, 3.05) is 22.9 Å². The van der Waals surface area contributed by atoms with Crippen molar-refractivity contribution in [1.29, 1.82) is 0 Å². The minimum Gasteiger partial charge on any atom is -0.372 e. The number of carbonyl (C=O) groups is 1. The summed E-state index contributed by atoms with van der Waals surface area (Å²) in [5.41, 5.74) is 4.36. The maximum absolute atomic E-state index is 12.9. The van der Waals surface area contributed by atoms with Crippen LogP contribution in [0, 0.1) is 6.92 Å². The Morgan fingerprint density at radius 1 is 1.00 bits per heavy atom. The molecule has 2 aromatic carbocycles. The van der Waals surface area contributed by atoms with Gasteiger partial charge in [-0.1, -0.05) is 48.2 Å². The molecule has 27 heavy (non-hydrogen) atoms. The molecule has 0 aliphatic carbocycles. The minimum absolute atomic E-state index is 0.0456. The average molecular weight is 395 g/mol. The Hall–Kier alpha value is -2.11. The van der Waals surface area contributed by atoms with Crippen LogP contribution in [0.25, 0.3) is 6.08 Å². The Balaban J connectivity index is 1.58. The summed E-state index contributed by atoms with van der Waals surface area (Å²) in [5.74, 6) is -0.0456. The lowest BCUT2D eigenvalue weighted by Crippen LogP contribution is -2.29. The van der Waals surface area contributed by atoms with Crippen molar-refractivity contribution in [3.63, 3.8) is 0 Å². The number of hydrogen-bond donors (Lipinski definition) is 0. The van der Waals surface area contributed by atoms with Gasteiger partial charge in [0.2, 0.25) is 0 Å². The van der Waals surface area contributed by atoms with E-state index in [0.717, 1.165) is 24.3 Å². The molecule has 2 fully saturated rings. The molecule has 0 unspecified atom stereocenters. The SMILES string of the molecule is Cc1cc(N2CCCCC2)ccc1/C=C1/SC(=S)N(c2ccccc2)C1=O. The zero-order chi connectivity index (χ0) is 18.8. The van der Waals surface area contributed by atoms with Gasteiger partial charge in [0.05, 0.1) is 10.6 Å². The average Bonchev–Trinajstić information content (AvgIpc) is 2.98. The molecule has 0 aromatic heterocycles. The van der Waals surface area contributed by atoms with E-state index < -0.39 is 0 Å². The van der Waals surface area contributed by atoms with E-state index in [2.05, 4.69) is 30.0 Å². The summed E-state index contributed by atoms with van der Waals surface area (Å²) in [7, 11) is 0. The number of para-hydroxylation sites is 1. The second-order valence-corrected chi connectivity index (χ2v) is 8.62. The first-order chi connectivity index (χ1) is 13.1. The van der Waals surface area contributed by atoms with Gasteiger partial charge in [-0.15, -0.1) is 0 Å². The molecule has 0 bridgehead atoms. The normalized spacial score (nSPS) is 19.2. The van der Waals surface area contributed by atoms with E-state index >= 15 is 0 Å². The number of hydrogen-bond acceptors (Lipinski definition) is 4. The van der Waals surface area contributed by atoms with Gasteiger partial charge in [-0.2, -0.15) is 0 Å². The molecule has 0 atom stereocenters. The van der Waals surface area contributed by atoms with Crippen molar-refractivity contribution in [3.8, 4) is 0 Å². The molecule has 0 saturated carbocycles. The summed E-state index contributed by atoms with van der Waals surface area (Å²) in [6, 6.07) is 16.1. The van der Waals surface area contributed by atoms with Crippen molar-refractivity contribution in [2.45, 2.75) is 26.2 Å². The van der Waals surface area contributed by atoms with Crippen LogP contribution >= 0.6 is 24.0 Å². The maximum atomic E-state index is 12.9. The van der Waals surface area contributed by atoms with Crippen LogP contribution in [-0.4, -0.2) is 23.3 Å². The van der Waals surface area contributed by atoms with Crippen LogP contribution in [0.3, 0.4) is 0 Å². The number of thiocarbonyl (C=S) groups is 1. The summed E-state index contributed by atoms with van der Waals surface area (Å²) in [6.07, 6.45) is 5.83. The molecule has 2 aliphatic heterocycles. The molecule has 1 amide bonds. The smallest absolute Gasteiger partial charge is 0.270 e. The molecule has 4 rings (SSSR count). The van der Waals surface area contributed by atoms with Gasteiger partial charge >= 0.3 is 0 Å². The molecular weight excluding hydrogens is 372 g/mol. The highest BCUT2D eigenvalue weighted by Gasteiger charge is 2.33. The Bertz CT molecular complexity index is 902. The van der Waals surface area contributed by atoms with Gasteiger partial charge < -0.3 is 4.90 Å². The van der Waals surface area contributed by atoms with Gasteiger partial charge in [-0.3, -0.25) is 9.69 Å². The van der Waals surface area contributed by atoms with Crippen LogP contribution in [0.5, 0.6) is 0 Å². The first-order valence-electron chi connectivity index (χ1n) is 9.32. The van der Waals surface area contributed by atoms with Crippen LogP contribution in [0.4, 0.5) is 11.4 Å². The van der Waals surface area contributed by atoms with E-state index in [1.165, 1.54) is 42.3 Å². The zero-order valence-corrected chi connectivity index (χ0v) is 17.0. The molecule has 0 radical (unpaired) electrons. The highest BCUT2D eigenvalue weighted by molar-refractivity contribution is 8.27. The van der Waals surface area contributed by atoms with Gasteiger partial charge in [0.1, 0.15) is 0 Å². The van der Waals surface area contributed by atoms with E-state index in [1.807, 2.05) is 36.4 Å². The van der Waals surface area contributed by atoms with E-state index in [4.69, 9.17) is 12.2 Å². The number of rotatable bonds is 3. The van der Waals surface area contributed by atoms with Crippen molar-refractivity contribution in [1.82, 2.24) is 0 Å². The van der Waals surface area contributed by atoms with E-state index in [9.17, 15) is 4.79 Å². The minimum atomic E-state index is -0.0456. The van der Waals surface area contributed by atoms with E-state index in [-0.39, 0.29) is 5.91 Å². The lowest BCUT2D eigenvalue weighted by molar-refractivity contribution is -0.113. The molecule has 5 heteroatoms. The van der Waals surface area contributed by atoms with Gasteiger partial charge in [0, 0.05) is 18.8 Å². The second kappa shape index (κ2) is 7.87. The first kappa shape index (κ1) is 18.3. The van der Waals surface area contributed by atoms with Crippen LogP contribution in [0.2, 0.25) is 0 Å². The molecule has 0 spiro atoms. The first-order valence-corrected chi connectivity index (χ1v) is 10.5. The number of amides is 1. The third-order valence-electron chi connectivity index (χ3n) is 5.07. The van der Waals surface area contributed by atoms with Gasteiger partial charge in [0.25, 0.3) is 5.91 Å². The zero-order valence-electron chi connectivity index (χ0n) is 15.4. The second-order valence-electron chi connectivity index (χ2n) is 6.94. The van der Waals surface area contributed by atoms with Crippen LogP contribution in [0.1, 0.15) is 30.4 Å². The fraction of sp³-hybridized carbons (Fsp3) is 0.273. The van der Waals surface area contributed by atoms with E-state index in [0.29, 0.717) is 9.23 Å². The number of aryl methyl sites for hydroxylation is 1. The number of piperidine rings is 1. The fourth-order valence-corrected chi connectivity index (χ4v) is 4.87. The number of carbonyl (C=O) groups excluding carboxylic acids is 1. The number of anilines is 2. The number of nitrogens with zero attached hydrogens (tertiary/aromatic N) is 2. The largest absolute Gasteiger partial charge is 0.372 e. The summed E-state index contributed by atoms with van der Waals surface area (Å²) in [5, 5.41) is 0.